The van der Waals surface area contributed by atoms with E-state index in [-0.39, 0.29) is 28.0 Å². The van der Waals surface area contributed by atoms with E-state index in [4.69, 9.17) is 5.85 Å². The third-order valence-electron chi connectivity index (χ3n) is 3.25. The second-order valence-electron chi connectivity index (χ2n) is 4.79. The Hall–Kier alpha value is -3.55. The van der Waals surface area contributed by atoms with Gasteiger partial charge in [0.2, 0.25) is 11.2 Å². The molecule has 0 aliphatic rings. The number of phenolic OH excluding ortho intramolecular Hbond substituents is 5. The van der Waals surface area contributed by atoms with Crippen LogP contribution < -0.4 is 5.43 Å². The summed E-state index contributed by atoms with van der Waals surface area (Å²) in [5.74, 6) is -4.06. The molecule has 0 bridgehead atoms. The highest BCUT2D eigenvalue weighted by Gasteiger charge is 2.20. The highest BCUT2D eigenvalue weighted by atomic mass is 16.4. The first-order valence-corrected chi connectivity index (χ1v) is 6.24. The Morgan fingerprint density at radius 3 is 2.13 bits per heavy atom. The van der Waals surface area contributed by atoms with E-state index >= 15 is 0 Å². The standard InChI is InChI=1S/C15H10O8/c16-6-3-7(17)11-10(4-6)23-15(14(22)13(11)21)5-1-8(18)12(20)9(19)2-5/h1-4,16-20,22H/i/hD. The first-order valence-electron chi connectivity index (χ1n) is 6.65. The molecule has 3 aromatic rings. The van der Waals surface area contributed by atoms with Crippen LogP contribution in [0.2, 0.25) is 0 Å². The zero-order valence-corrected chi connectivity index (χ0v) is 11.3. The number of hydrogen-bond donors (Lipinski definition) is 6. The molecule has 1 heterocycles. The predicted molar refractivity (Wildman–Crippen MR) is 77.9 cm³/mol. The van der Waals surface area contributed by atoms with Crippen LogP contribution in [0.15, 0.2) is 33.5 Å². The lowest BCUT2D eigenvalue weighted by molar-refractivity contribution is 0.368. The van der Waals surface area contributed by atoms with Crippen molar-refractivity contribution in [3.05, 3.63) is 34.5 Å². The van der Waals surface area contributed by atoms with Crippen LogP contribution in [0.25, 0.3) is 22.3 Å². The van der Waals surface area contributed by atoms with E-state index in [1.807, 2.05) is 0 Å². The van der Waals surface area contributed by atoms with Crippen LogP contribution in [0.5, 0.6) is 34.5 Å². The lowest BCUT2D eigenvalue weighted by Gasteiger charge is -2.09. The molecular formula is C15H10O8. The van der Waals surface area contributed by atoms with Gasteiger partial charge >= 0.3 is 0 Å². The van der Waals surface area contributed by atoms with Gasteiger partial charge in [0.05, 0.1) is 0 Å². The van der Waals surface area contributed by atoms with Crippen molar-refractivity contribution in [1.29, 1.82) is 1.43 Å². The Morgan fingerprint density at radius 2 is 1.52 bits per heavy atom. The molecule has 0 aliphatic heterocycles. The third-order valence-corrected chi connectivity index (χ3v) is 3.25. The number of aromatic hydroxyl groups is 6. The highest BCUT2D eigenvalue weighted by Crippen LogP contribution is 2.42. The van der Waals surface area contributed by atoms with E-state index in [0.29, 0.717) is 0 Å². The second-order valence-corrected chi connectivity index (χ2v) is 4.79. The summed E-state index contributed by atoms with van der Waals surface area (Å²) in [5.41, 5.74) is -1.18. The van der Waals surface area contributed by atoms with Gasteiger partial charge < -0.3 is 35.1 Å². The topological polar surface area (TPSA) is 152 Å². The maximum atomic E-state index is 12.4. The first kappa shape index (κ1) is 13.1. The van der Waals surface area contributed by atoms with Gasteiger partial charge in [-0.15, -0.1) is 0 Å². The Balaban J connectivity index is 2.42. The quantitative estimate of drug-likeness (QED) is 0.390. The van der Waals surface area contributed by atoms with E-state index in [1.165, 1.54) is 0 Å². The SMILES string of the molecule is [2H]Oc1c(-c2cc(O)c(O)c(O)c2)oc2cc(O)cc(O)c2c1=O. The molecule has 0 saturated heterocycles. The summed E-state index contributed by atoms with van der Waals surface area (Å²) >= 11 is 0. The summed E-state index contributed by atoms with van der Waals surface area (Å²) in [6.07, 6.45) is 0. The van der Waals surface area contributed by atoms with Crippen LogP contribution in [0.4, 0.5) is 0 Å². The molecule has 0 atom stereocenters. The minimum absolute atomic E-state index is 0.0770. The Kier molecular flexibility index (Phi) is 2.70. The zero-order chi connectivity index (χ0) is 17.6. The first-order chi connectivity index (χ1) is 11.3. The van der Waals surface area contributed by atoms with Gasteiger partial charge in [-0.05, 0) is 12.1 Å². The van der Waals surface area contributed by atoms with Crippen molar-refractivity contribution >= 4 is 11.0 Å². The van der Waals surface area contributed by atoms with Crippen LogP contribution in [-0.4, -0.2) is 32.1 Å². The summed E-state index contributed by atoms with van der Waals surface area (Å²) in [7, 11) is 0. The molecule has 0 unspecified atom stereocenters. The van der Waals surface area contributed by atoms with Crippen LogP contribution in [-0.2, 0) is 0 Å². The summed E-state index contributed by atoms with van der Waals surface area (Å²) in [4.78, 5) is 12.4. The molecular weight excluding hydrogens is 308 g/mol. The number of benzene rings is 2. The maximum absolute atomic E-state index is 12.4. The molecule has 0 radical (unpaired) electrons. The molecule has 2 aromatic carbocycles. The number of fused-ring (bicyclic) bond motifs is 1. The maximum Gasteiger partial charge on any atom is 0.293 e. The minimum atomic E-state index is -0.897. The Morgan fingerprint density at radius 1 is 0.870 bits per heavy atom. The van der Waals surface area contributed by atoms with E-state index in [0.717, 1.165) is 24.3 Å². The molecule has 23 heavy (non-hydrogen) atoms. The normalized spacial score (nSPS) is 11.4. The highest BCUT2D eigenvalue weighted by molar-refractivity contribution is 5.88. The summed E-state index contributed by atoms with van der Waals surface area (Å²) in [5, 5.41) is 51.8. The summed E-state index contributed by atoms with van der Waals surface area (Å²) in [6.45, 7) is 0. The molecule has 0 saturated carbocycles. The van der Waals surface area contributed by atoms with Gasteiger partial charge in [-0.1, -0.05) is 0 Å². The third kappa shape index (κ3) is 2.13. The number of rotatable bonds is 2. The van der Waals surface area contributed by atoms with E-state index in [9.17, 15) is 30.3 Å². The van der Waals surface area contributed by atoms with Crippen LogP contribution >= 0.6 is 0 Å². The molecule has 8 nitrogen and oxygen atoms in total. The van der Waals surface area contributed by atoms with Crippen molar-refractivity contribution in [2.24, 2.45) is 0 Å². The fourth-order valence-corrected chi connectivity index (χ4v) is 2.19. The molecule has 0 fully saturated rings. The lowest BCUT2D eigenvalue weighted by Crippen LogP contribution is -2.03. The van der Waals surface area contributed by atoms with Gasteiger partial charge in [0.25, 0.3) is 1.43 Å². The van der Waals surface area contributed by atoms with Gasteiger partial charge in [-0.3, -0.25) is 4.79 Å². The van der Waals surface area contributed by atoms with Crippen LogP contribution in [0.3, 0.4) is 0 Å². The van der Waals surface area contributed by atoms with Gasteiger partial charge in [0.15, 0.2) is 23.0 Å². The van der Waals surface area contributed by atoms with Gasteiger partial charge in [0, 0.05) is 17.7 Å². The van der Waals surface area contributed by atoms with Crippen molar-refractivity contribution < 1.29 is 35.1 Å². The molecule has 118 valence electrons. The minimum Gasteiger partial charge on any atom is -0.508 e. The molecule has 0 amide bonds. The van der Waals surface area contributed by atoms with E-state index < -0.39 is 34.2 Å². The van der Waals surface area contributed by atoms with Crippen molar-refractivity contribution in [3.63, 3.8) is 0 Å². The van der Waals surface area contributed by atoms with Gasteiger partial charge in [-0.25, -0.2) is 0 Å². The monoisotopic (exact) mass is 319 g/mol. The fourth-order valence-electron chi connectivity index (χ4n) is 2.19. The Bertz CT molecular complexity index is 1000. The summed E-state index contributed by atoms with van der Waals surface area (Å²) < 4.78 is 12.4. The number of phenols is 5. The average molecular weight is 319 g/mol. The molecule has 8 heteroatoms. The largest absolute Gasteiger partial charge is 0.508 e. The number of hydrogen-bond acceptors (Lipinski definition) is 8. The average Bonchev–Trinajstić information content (AvgIpc) is 2.51. The molecule has 0 spiro atoms. The molecule has 1 aromatic heterocycles. The predicted octanol–water partition coefficient (Wildman–Crippen LogP) is 1.69. The zero-order valence-electron chi connectivity index (χ0n) is 12.3. The van der Waals surface area contributed by atoms with E-state index in [2.05, 4.69) is 5.11 Å². The fraction of sp³-hybridized carbons (Fsp3) is 0. The van der Waals surface area contributed by atoms with Crippen molar-refractivity contribution in [3.8, 4) is 45.8 Å². The van der Waals surface area contributed by atoms with Crippen molar-refractivity contribution in [2.45, 2.75) is 0 Å². The smallest absolute Gasteiger partial charge is 0.293 e. The lowest BCUT2D eigenvalue weighted by atomic mass is 10.1. The Labute approximate surface area is 128 Å². The second kappa shape index (κ2) is 4.73. The van der Waals surface area contributed by atoms with Gasteiger partial charge in [0.1, 0.15) is 22.5 Å². The van der Waals surface area contributed by atoms with Crippen molar-refractivity contribution in [2.75, 3.05) is 0 Å². The molecule has 0 aliphatic carbocycles. The van der Waals surface area contributed by atoms with Crippen LogP contribution in [0.1, 0.15) is 0 Å². The molecule has 3 rings (SSSR count). The van der Waals surface area contributed by atoms with Crippen molar-refractivity contribution in [1.82, 2.24) is 0 Å². The summed E-state index contributed by atoms with van der Waals surface area (Å²) in [6, 6.07) is 3.94. The van der Waals surface area contributed by atoms with Crippen LogP contribution in [0, 0.1) is 0 Å². The van der Waals surface area contributed by atoms with E-state index in [1.54, 1.807) is 0 Å². The van der Waals surface area contributed by atoms with Gasteiger partial charge in [-0.2, -0.15) is 0 Å². The molecule has 6 N–H and O–H groups in total.